The van der Waals surface area contributed by atoms with E-state index in [-0.39, 0.29) is 18.0 Å². The van der Waals surface area contributed by atoms with Crippen LogP contribution in [0.2, 0.25) is 0 Å². The number of aryl methyl sites for hydroxylation is 1. The van der Waals surface area contributed by atoms with E-state index in [1.807, 2.05) is 26.8 Å². The maximum atomic E-state index is 12.4. The molecule has 10 heteroatoms. The molecule has 0 spiro atoms. The number of unbranched alkanes of at least 4 members (excludes halogenated alkanes) is 1. The Morgan fingerprint density at radius 1 is 1.02 bits per heavy atom. The maximum Gasteiger partial charge on any atom is 0.407 e. The van der Waals surface area contributed by atoms with Gasteiger partial charge in [-0.1, -0.05) is 49.7 Å². The summed E-state index contributed by atoms with van der Waals surface area (Å²) in [7, 11) is 1.69. The van der Waals surface area contributed by atoms with Crippen molar-refractivity contribution in [3.63, 3.8) is 0 Å². The molecule has 2 aromatic carbocycles. The maximum absolute atomic E-state index is 12.4. The quantitative estimate of drug-likeness (QED) is 0.123. The van der Waals surface area contributed by atoms with Crippen LogP contribution in [0.5, 0.6) is 5.75 Å². The van der Waals surface area contributed by atoms with Crippen molar-refractivity contribution in [1.82, 2.24) is 15.5 Å². The molecule has 1 fully saturated rings. The number of nitrogens with two attached hydrogens (primary N) is 1. The lowest BCUT2D eigenvalue weighted by molar-refractivity contribution is -0.119. The van der Waals surface area contributed by atoms with E-state index in [0.29, 0.717) is 45.1 Å². The lowest BCUT2D eigenvalue weighted by Gasteiger charge is -2.32. The van der Waals surface area contributed by atoms with Gasteiger partial charge in [0, 0.05) is 51.8 Å². The van der Waals surface area contributed by atoms with Crippen molar-refractivity contribution >= 4 is 18.0 Å². The second kappa shape index (κ2) is 19.1. The van der Waals surface area contributed by atoms with Crippen LogP contribution in [0, 0.1) is 5.92 Å². The third kappa shape index (κ3) is 13.8. The van der Waals surface area contributed by atoms with Crippen LogP contribution in [0.3, 0.4) is 0 Å². The van der Waals surface area contributed by atoms with E-state index in [4.69, 9.17) is 19.9 Å². The predicted molar refractivity (Wildman–Crippen MR) is 184 cm³/mol. The normalized spacial score (nSPS) is 14.6. The molecule has 1 aliphatic heterocycles. The van der Waals surface area contributed by atoms with Gasteiger partial charge in [0.05, 0.1) is 6.61 Å². The first-order chi connectivity index (χ1) is 22.1. The molecule has 254 valence electrons. The summed E-state index contributed by atoms with van der Waals surface area (Å²) in [4.78, 5) is 31.1. The molecular formula is C36H55N5O5. The summed E-state index contributed by atoms with van der Waals surface area (Å²) in [5, 5.41) is 5.61. The highest BCUT2D eigenvalue weighted by Gasteiger charge is 2.22. The molecule has 0 unspecified atom stereocenters. The van der Waals surface area contributed by atoms with Crippen LogP contribution in [-0.4, -0.2) is 75.0 Å². The first kappa shape index (κ1) is 36.8. The minimum Gasteiger partial charge on any atom is -0.493 e. The molecule has 0 saturated carbocycles. The number of carbonyl (C=O) groups excluding carboxylic acids is 2. The van der Waals surface area contributed by atoms with E-state index in [2.05, 4.69) is 63.8 Å². The first-order valence-corrected chi connectivity index (χ1v) is 16.7. The Labute approximate surface area is 275 Å². The Morgan fingerprint density at radius 2 is 1.74 bits per heavy atom. The number of hydrogen-bond donors (Lipinski definition) is 3. The monoisotopic (exact) mass is 637 g/mol. The van der Waals surface area contributed by atoms with Gasteiger partial charge in [-0.05, 0) is 88.2 Å². The molecule has 0 atom stereocenters. The van der Waals surface area contributed by atoms with E-state index < -0.39 is 5.60 Å². The van der Waals surface area contributed by atoms with E-state index in [9.17, 15) is 9.59 Å². The molecule has 0 bridgehead atoms. The summed E-state index contributed by atoms with van der Waals surface area (Å²) in [6, 6.07) is 14.8. The fourth-order valence-electron chi connectivity index (χ4n) is 5.26. The number of rotatable bonds is 16. The smallest absolute Gasteiger partial charge is 0.407 e. The van der Waals surface area contributed by atoms with Crippen LogP contribution in [0.15, 0.2) is 47.5 Å². The number of nitrogens with zero attached hydrogens (tertiary/aromatic N) is 2. The number of likely N-dealkylation sites (tertiary alicyclic amines) is 1. The largest absolute Gasteiger partial charge is 0.493 e. The van der Waals surface area contributed by atoms with Crippen molar-refractivity contribution in [1.29, 1.82) is 0 Å². The molecule has 10 nitrogen and oxygen atoms in total. The Morgan fingerprint density at radius 3 is 2.41 bits per heavy atom. The van der Waals surface area contributed by atoms with Crippen molar-refractivity contribution < 1.29 is 23.8 Å². The lowest BCUT2D eigenvalue weighted by atomic mass is 9.96. The SMILES string of the molecule is CCCCN=C(N)NC(=O)CCc1ccc(-c2ccc(CN3CCC(CNC(=O)OC(C)(C)C)CC3)cc2)c(OCCCOC)c1. The van der Waals surface area contributed by atoms with Crippen molar-refractivity contribution in [2.24, 2.45) is 16.6 Å². The Bertz CT molecular complexity index is 1250. The summed E-state index contributed by atoms with van der Waals surface area (Å²) in [5.74, 6) is 1.29. The number of ether oxygens (including phenoxy) is 3. The second-order valence-corrected chi connectivity index (χ2v) is 13.0. The van der Waals surface area contributed by atoms with Gasteiger partial charge in [0.1, 0.15) is 11.4 Å². The van der Waals surface area contributed by atoms with Crippen molar-refractivity contribution in [2.45, 2.75) is 84.8 Å². The van der Waals surface area contributed by atoms with Crippen LogP contribution in [-0.2, 0) is 27.2 Å². The number of alkyl carbamates (subject to hydrolysis) is 1. The summed E-state index contributed by atoms with van der Waals surface area (Å²) in [5.41, 5.74) is 9.74. The first-order valence-electron chi connectivity index (χ1n) is 16.7. The van der Waals surface area contributed by atoms with E-state index >= 15 is 0 Å². The third-order valence-corrected chi connectivity index (χ3v) is 7.81. The van der Waals surface area contributed by atoms with E-state index in [0.717, 1.165) is 74.2 Å². The van der Waals surface area contributed by atoms with Gasteiger partial charge >= 0.3 is 6.09 Å². The zero-order valence-corrected chi connectivity index (χ0v) is 28.5. The Balaban J connectivity index is 1.56. The predicted octanol–water partition coefficient (Wildman–Crippen LogP) is 5.67. The average Bonchev–Trinajstić information content (AvgIpc) is 3.02. The number of amides is 2. The van der Waals surface area contributed by atoms with Gasteiger partial charge in [0.15, 0.2) is 5.96 Å². The number of nitrogens with one attached hydrogen (secondary N) is 2. The highest BCUT2D eigenvalue weighted by Crippen LogP contribution is 2.32. The minimum atomic E-state index is -0.483. The molecule has 2 amide bonds. The van der Waals surface area contributed by atoms with Crippen LogP contribution in [0.25, 0.3) is 11.1 Å². The Kier molecular flexibility index (Phi) is 15.3. The third-order valence-electron chi connectivity index (χ3n) is 7.81. The number of guanidine groups is 1. The van der Waals surface area contributed by atoms with Crippen molar-refractivity contribution in [2.75, 3.05) is 46.5 Å². The number of benzene rings is 2. The van der Waals surface area contributed by atoms with Crippen molar-refractivity contribution in [3.8, 4) is 16.9 Å². The summed E-state index contributed by atoms with van der Waals surface area (Å²) in [6.07, 6.45) is 5.37. The van der Waals surface area contributed by atoms with Gasteiger partial charge in [-0.2, -0.15) is 0 Å². The molecule has 1 heterocycles. The molecule has 1 saturated heterocycles. The van der Waals surface area contributed by atoms with Crippen LogP contribution < -0.4 is 21.1 Å². The highest BCUT2D eigenvalue weighted by atomic mass is 16.6. The highest BCUT2D eigenvalue weighted by molar-refractivity contribution is 5.96. The molecule has 46 heavy (non-hydrogen) atoms. The van der Waals surface area contributed by atoms with Gasteiger partial charge < -0.3 is 25.3 Å². The zero-order chi connectivity index (χ0) is 33.4. The van der Waals surface area contributed by atoms with Crippen LogP contribution in [0.1, 0.15) is 77.3 Å². The van der Waals surface area contributed by atoms with Gasteiger partial charge in [-0.25, -0.2) is 4.79 Å². The fourth-order valence-corrected chi connectivity index (χ4v) is 5.26. The molecular weight excluding hydrogens is 582 g/mol. The molecule has 0 radical (unpaired) electrons. The van der Waals surface area contributed by atoms with Gasteiger partial charge in [-0.3, -0.25) is 20.0 Å². The van der Waals surface area contributed by atoms with Crippen LogP contribution >= 0.6 is 0 Å². The topological polar surface area (TPSA) is 128 Å². The molecule has 3 rings (SSSR count). The number of methoxy groups -OCH3 is 1. The number of carbonyl (C=O) groups is 2. The minimum absolute atomic E-state index is 0.151. The standard InChI is InChI=1S/C36H55N5O5/c1-6-7-19-38-34(37)40-33(42)16-12-27-11-15-31(32(24-27)45-23-8-22-44-5)30-13-9-29(10-14-30)26-41-20-17-28(18-21-41)25-39-35(43)46-36(2,3)4/h9-11,13-15,24,28H,6-8,12,16-23,25-26H2,1-5H3,(H,39,43)(H3,37,38,40,42). The lowest BCUT2D eigenvalue weighted by Crippen LogP contribution is -2.40. The van der Waals surface area contributed by atoms with Crippen molar-refractivity contribution in [3.05, 3.63) is 53.6 Å². The van der Waals surface area contributed by atoms with Gasteiger partial charge in [0.25, 0.3) is 0 Å². The van der Waals surface area contributed by atoms with E-state index in [1.54, 1.807) is 7.11 Å². The molecule has 1 aliphatic rings. The summed E-state index contributed by atoms with van der Waals surface area (Å²) >= 11 is 0. The Hall–Kier alpha value is -3.63. The van der Waals surface area contributed by atoms with Gasteiger partial charge in [-0.15, -0.1) is 0 Å². The second-order valence-electron chi connectivity index (χ2n) is 13.0. The summed E-state index contributed by atoms with van der Waals surface area (Å²) < 4.78 is 16.8. The molecule has 2 aromatic rings. The number of aliphatic imine (C=N–C) groups is 1. The fraction of sp³-hybridized carbons (Fsp3) is 0.583. The van der Waals surface area contributed by atoms with E-state index in [1.165, 1.54) is 5.56 Å². The zero-order valence-electron chi connectivity index (χ0n) is 28.5. The number of hydrogen-bond acceptors (Lipinski definition) is 7. The van der Waals surface area contributed by atoms with Gasteiger partial charge in [0.2, 0.25) is 5.91 Å². The summed E-state index contributed by atoms with van der Waals surface area (Å²) in [6.45, 7) is 13.0. The average molecular weight is 638 g/mol. The number of piperidine rings is 1. The van der Waals surface area contributed by atoms with Crippen LogP contribution in [0.4, 0.5) is 4.79 Å². The molecule has 0 aromatic heterocycles. The molecule has 4 N–H and O–H groups in total. The molecule has 0 aliphatic carbocycles.